The molecular formula is C14H18N2O2. The molecule has 1 aliphatic carbocycles. The van der Waals surface area contributed by atoms with Crippen LogP contribution in [-0.2, 0) is 0 Å². The van der Waals surface area contributed by atoms with Gasteiger partial charge in [0, 0.05) is 30.9 Å². The van der Waals surface area contributed by atoms with Crippen molar-refractivity contribution >= 4 is 5.91 Å². The second-order valence-electron chi connectivity index (χ2n) is 5.25. The molecule has 2 aliphatic rings. The Morgan fingerprint density at radius 1 is 1.39 bits per heavy atom. The molecule has 1 saturated carbocycles. The third-order valence-corrected chi connectivity index (χ3v) is 4.20. The highest BCUT2D eigenvalue weighted by atomic mass is 16.5. The maximum Gasteiger partial charge on any atom is 0.254 e. The zero-order valence-corrected chi connectivity index (χ0v) is 10.6. The van der Waals surface area contributed by atoms with Gasteiger partial charge in [0.05, 0.1) is 7.11 Å². The van der Waals surface area contributed by atoms with E-state index in [-0.39, 0.29) is 5.91 Å². The summed E-state index contributed by atoms with van der Waals surface area (Å²) in [5.74, 6) is 2.08. The molecule has 2 atom stereocenters. The molecule has 2 fully saturated rings. The monoisotopic (exact) mass is 246 g/mol. The smallest absolute Gasteiger partial charge is 0.254 e. The van der Waals surface area contributed by atoms with Crippen molar-refractivity contribution in [3.63, 3.8) is 0 Å². The molecule has 0 N–H and O–H groups in total. The number of methoxy groups -OCH3 is 1. The molecule has 0 spiro atoms. The van der Waals surface area contributed by atoms with Gasteiger partial charge in [0.1, 0.15) is 0 Å². The third kappa shape index (κ3) is 1.96. The van der Waals surface area contributed by atoms with Gasteiger partial charge in [-0.05, 0) is 30.7 Å². The van der Waals surface area contributed by atoms with Crippen molar-refractivity contribution in [2.24, 2.45) is 11.8 Å². The molecule has 1 amide bonds. The van der Waals surface area contributed by atoms with E-state index in [9.17, 15) is 4.79 Å². The summed E-state index contributed by atoms with van der Waals surface area (Å²) in [6.45, 7) is 1.85. The van der Waals surface area contributed by atoms with Crippen LogP contribution < -0.4 is 4.74 Å². The molecular weight excluding hydrogens is 228 g/mol. The summed E-state index contributed by atoms with van der Waals surface area (Å²) in [5.41, 5.74) is 0.682. The number of carbonyl (C=O) groups is 1. The number of carbonyl (C=O) groups excluding carboxylic acids is 1. The number of hydrogen-bond acceptors (Lipinski definition) is 3. The van der Waals surface area contributed by atoms with Gasteiger partial charge in [0.15, 0.2) is 0 Å². The molecule has 0 aromatic carbocycles. The number of likely N-dealkylation sites (tertiary alicyclic amines) is 1. The molecule has 1 saturated heterocycles. The summed E-state index contributed by atoms with van der Waals surface area (Å²) < 4.78 is 5.06. The first-order valence-electron chi connectivity index (χ1n) is 6.57. The summed E-state index contributed by atoms with van der Waals surface area (Å²) in [6.07, 6.45) is 5.53. The van der Waals surface area contributed by atoms with E-state index in [0.717, 1.165) is 24.9 Å². The highest BCUT2D eigenvalue weighted by molar-refractivity contribution is 5.94. The van der Waals surface area contributed by atoms with Crippen molar-refractivity contribution in [2.75, 3.05) is 20.2 Å². The van der Waals surface area contributed by atoms with E-state index in [2.05, 4.69) is 4.98 Å². The lowest BCUT2D eigenvalue weighted by molar-refractivity contribution is 0.0780. The normalized spacial score (nSPS) is 26.2. The number of ether oxygens (including phenoxy) is 1. The lowest BCUT2D eigenvalue weighted by atomic mass is 10.0. The maximum atomic E-state index is 12.4. The van der Waals surface area contributed by atoms with Crippen LogP contribution in [0, 0.1) is 11.8 Å². The van der Waals surface area contributed by atoms with Crippen LogP contribution >= 0.6 is 0 Å². The molecule has 4 heteroatoms. The van der Waals surface area contributed by atoms with Crippen LogP contribution in [0.5, 0.6) is 5.88 Å². The van der Waals surface area contributed by atoms with E-state index in [0.29, 0.717) is 11.4 Å². The van der Waals surface area contributed by atoms with Crippen LogP contribution in [0.4, 0.5) is 0 Å². The fourth-order valence-electron chi connectivity index (χ4n) is 3.24. The van der Waals surface area contributed by atoms with Crippen molar-refractivity contribution < 1.29 is 9.53 Å². The topological polar surface area (TPSA) is 42.4 Å². The van der Waals surface area contributed by atoms with Crippen molar-refractivity contribution in [3.05, 3.63) is 23.9 Å². The molecule has 3 rings (SSSR count). The zero-order chi connectivity index (χ0) is 12.5. The Bertz CT molecular complexity index is 449. The summed E-state index contributed by atoms with van der Waals surface area (Å²) in [7, 11) is 1.57. The van der Waals surface area contributed by atoms with Crippen LogP contribution in [0.1, 0.15) is 29.6 Å². The molecule has 18 heavy (non-hydrogen) atoms. The number of hydrogen-bond donors (Lipinski definition) is 0. The lowest BCUT2D eigenvalue weighted by Crippen LogP contribution is -2.29. The Morgan fingerprint density at radius 3 is 2.78 bits per heavy atom. The predicted octanol–water partition coefficient (Wildman–Crippen LogP) is 1.96. The molecule has 2 unspecified atom stereocenters. The van der Waals surface area contributed by atoms with Gasteiger partial charge in [-0.1, -0.05) is 6.42 Å². The number of nitrogens with zero attached hydrogens (tertiary/aromatic N) is 2. The molecule has 0 radical (unpaired) electrons. The minimum Gasteiger partial charge on any atom is -0.481 e. The van der Waals surface area contributed by atoms with Crippen molar-refractivity contribution in [2.45, 2.75) is 19.3 Å². The largest absolute Gasteiger partial charge is 0.481 e. The summed E-state index contributed by atoms with van der Waals surface area (Å²) in [6, 6.07) is 3.48. The van der Waals surface area contributed by atoms with Gasteiger partial charge >= 0.3 is 0 Å². The SMILES string of the molecule is COc1cc(C(=O)N2CC3CCCC3C2)ccn1. The van der Waals surface area contributed by atoms with Gasteiger partial charge in [-0.25, -0.2) is 4.98 Å². The Hall–Kier alpha value is -1.58. The second-order valence-corrected chi connectivity index (χ2v) is 5.25. The van der Waals surface area contributed by atoms with E-state index in [1.165, 1.54) is 19.3 Å². The van der Waals surface area contributed by atoms with E-state index < -0.39 is 0 Å². The molecule has 1 aliphatic heterocycles. The summed E-state index contributed by atoms with van der Waals surface area (Å²) >= 11 is 0. The van der Waals surface area contributed by atoms with Crippen LogP contribution in [-0.4, -0.2) is 36.0 Å². The summed E-state index contributed by atoms with van der Waals surface area (Å²) in [4.78, 5) is 18.4. The highest BCUT2D eigenvalue weighted by Gasteiger charge is 2.38. The molecule has 96 valence electrons. The van der Waals surface area contributed by atoms with E-state index >= 15 is 0 Å². The number of fused-ring (bicyclic) bond motifs is 1. The molecule has 0 bridgehead atoms. The van der Waals surface area contributed by atoms with Gasteiger partial charge in [0.25, 0.3) is 5.91 Å². The van der Waals surface area contributed by atoms with Gasteiger partial charge < -0.3 is 9.64 Å². The van der Waals surface area contributed by atoms with E-state index in [1.807, 2.05) is 4.90 Å². The van der Waals surface area contributed by atoms with Crippen LogP contribution in [0.15, 0.2) is 18.3 Å². The molecule has 1 aromatic rings. The minimum absolute atomic E-state index is 0.116. The first kappa shape index (κ1) is 11.5. The van der Waals surface area contributed by atoms with Crippen molar-refractivity contribution in [1.29, 1.82) is 0 Å². The van der Waals surface area contributed by atoms with Crippen LogP contribution in [0.3, 0.4) is 0 Å². The summed E-state index contributed by atoms with van der Waals surface area (Å²) in [5, 5.41) is 0. The number of amides is 1. The molecule has 2 heterocycles. The van der Waals surface area contributed by atoms with Crippen molar-refractivity contribution in [3.8, 4) is 5.88 Å². The van der Waals surface area contributed by atoms with E-state index in [4.69, 9.17) is 4.74 Å². The molecule has 1 aromatic heterocycles. The lowest BCUT2D eigenvalue weighted by Gasteiger charge is -2.17. The van der Waals surface area contributed by atoms with E-state index in [1.54, 1.807) is 25.4 Å². The van der Waals surface area contributed by atoms with Crippen LogP contribution in [0.2, 0.25) is 0 Å². The minimum atomic E-state index is 0.116. The van der Waals surface area contributed by atoms with Gasteiger partial charge in [-0.2, -0.15) is 0 Å². The first-order valence-corrected chi connectivity index (χ1v) is 6.57. The van der Waals surface area contributed by atoms with Gasteiger partial charge in [-0.3, -0.25) is 4.79 Å². The Labute approximate surface area is 107 Å². The number of pyridine rings is 1. The average molecular weight is 246 g/mol. The zero-order valence-electron chi connectivity index (χ0n) is 10.6. The third-order valence-electron chi connectivity index (χ3n) is 4.20. The quantitative estimate of drug-likeness (QED) is 0.801. The standard InChI is InChI=1S/C14H18N2O2/c1-18-13-7-10(5-6-15-13)14(17)16-8-11-3-2-4-12(11)9-16/h5-7,11-12H,2-4,8-9H2,1H3. The predicted molar refractivity (Wildman–Crippen MR) is 67.5 cm³/mol. The fraction of sp³-hybridized carbons (Fsp3) is 0.571. The number of rotatable bonds is 2. The Morgan fingerprint density at radius 2 is 2.11 bits per heavy atom. The van der Waals surface area contributed by atoms with Crippen LogP contribution in [0.25, 0.3) is 0 Å². The number of aromatic nitrogens is 1. The highest BCUT2D eigenvalue weighted by Crippen LogP contribution is 2.38. The molecule has 4 nitrogen and oxygen atoms in total. The van der Waals surface area contributed by atoms with Crippen molar-refractivity contribution in [1.82, 2.24) is 9.88 Å². The second kappa shape index (κ2) is 4.59. The Balaban J connectivity index is 1.74. The first-order chi connectivity index (χ1) is 8.78. The average Bonchev–Trinajstić information content (AvgIpc) is 2.98. The van der Waals surface area contributed by atoms with Gasteiger partial charge in [-0.15, -0.1) is 0 Å². The maximum absolute atomic E-state index is 12.4. The van der Waals surface area contributed by atoms with Gasteiger partial charge in [0.2, 0.25) is 5.88 Å². The fourth-order valence-corrected chi connectivity index (χ4v) is 3.24. The Kier molecular flexibility index (Phi) is 2.94.